The molecule has 0 aliphatic rings. The molecule has 0 aliphatic heterocycles. The number of rotatable bonds is 6. The Bertz CT molecular complexity index is 167. The van der Waals surface area contributed by atoms with Crippen molar-refractivity contribution < 1.29 is 4.43 Å². The van der Waals surface area contributed by atoms with Gasteiger partial charge in [-0.2, -0.15) is 0 Å². The normalized spacial score (nSPS) is 13.7. The van der Waals surface area contributed by atoms with Gasteiger partial charge in [0.05, 0.1) is 5.94 Å². The van der Waals surface area contributed by atoms with E-state index in [0.717, 1.165) is 11.7 Å². The molecule has 0 radical (unpaired) electrons. The molecule has 0 bridgehead atoms. The Morgan fingerprint density at radius 1 is 1.29 bits per heavy atom. The van der Waals surface area contributed by atoms with E-state index in [1.165, 1.54) is 0 Å². The Labute approximate surface area is 95.1 Å². The molecule has 86 valence electrons. The highest BCUT2D eigenvalue weighted by atomic mass is 32.2. The lowest BCUT2D eigenvalue weighted by atomic mass is 9.99. The quantitative estimate of drug-likeness (QED) is 0.384. The van der Waals surface area contributed by atoms with Crippen molar-refractivity contribution in [2.24, 2.45) is 5.92 Å². The molecule has 0 amide bonds. The van der Waals surface area contributed by atoms with Gasteiger partial charge in [0.25, 0.3) is 0 Å². The molecule has 0 saturated heterocycles. The third kappa shape index (κ3) is 3.59. The smallest absolute Gasteiger partial charge is 0.193 e. The third-order valence-corrected chi connectivity index (χ3v) is 9.15. The van der Waals surface area contributed by atoms with Crippen LogP contribution >= 0.6 is 11.8 Å². The van der Waals surface area contributed by atoms with E-state index in [9.17, 15) is 0 Å². The summed E-state index contributed by atoms with van der Waals surface area (Å²) in [6, 6.07) is 0. The molecule has 0 rings (SSSR count). The first-order valence-corrected chi connectivity index (χ1v) is 9.53. The second kappa shape index (κ2) is 5.57. The average molecular weight is 234 g/mol. The minimum atomic E-state index is -1.55. The molecule has 1 nitrogen and oxygen atoms in total. The van der Waals surface area contributed by atoms with Crippen LogP contribution in [0.5, 0.6) is 0 Å². The maximum atomic E-state index is 6.10. The summed E-state index contributed by atoms with van der Waals surface area (Å²) in [5, 5.41) is 0.349. The van der Waals surface area contributed by atoms with Crippen LogP contribution in [-0.4, -0.2) is 20.0 Å². The van der Waals surface area contributed by atoms with Crippen molar-refractivity contribution in [3.63, 3.8) is 0 Å². The maximum absolute atomic E-state index is 6.10. The summed E-state index contributed by atoms with van der Waals surface area (Å²) in [5.74, 6) is 2.70. The second-order valence-corrected chi connectivity index (χ2v) is 11.0. The monoisotopic (exact) mass is 234 g/mol. The van der Waals surface area contributed by atoms with E-state index >= 15 is 0 Å². The topological polar surface area (TPSA) is 9.23 Å². The SMILES string of the molecule is CCSCO[Si](C)(C)C(C)(C)C(C)C. The van der Waals surface area contributed by atoms with E-state index in [-0.39, 0.29) is 0 Å². The van der Waals surface area contributed by atoms with Crippen molar-refractivity contribution in [2.45, 2.75) is 52.8 Å². The van der Waals surface area contributed by atoms with E-state index in [4.69, 9.17) is 4.43 Å². The van der Waals surface area contributed by atoms with Gasteiger partial charge in [0.2, 0.25) is 0 Å². The fraction of sp³-hybridized carbons (Fsp3) is 1.00. The van der Waals surface area contributed by atoms with Gasteiger partial charge < -0.3 is 4.43 Å². The largest absolute Gasteiger partial charge is 0.408 e. The van der Waals surface area contributed by atoms with Crippen LogP contribution in [-0.2, 0) is 4.43 Å². The summed E-state index contributed by atoms with van der Waals surface area (Å²) in [6.07, 6.45) is 0. The minimum Gasteiger partial charge on any atom is -0.408 e. The predicted molar refractivity (Wildman–Crippen MR) is 70.4 cm³/mol. The lowest BCUT2D eigenvalue weighted by molar-refractivity contribution is 0.317. The van der Waals surface area contributed by atoms with Gasteiger partial charge in [0, 0.05) is 0 Å². The highest BCUT2D eigenvalue weighted by Crippen LogP contribution is 2.44. The van der Waals surface area contributed by atoms with Gasteiger partial charge in [-0.15, -0.1) is 11.8 Å². The first kappa shape index (κ1) is 14.5. The van der Waals surface area contributed by atoms with Gasteiger partial charge in [-0.1, -0.05) is 34.6 Å². The molecule has 3 heteroatoms. The first-order chi connectivity index (χ1) is 6.25. The Morgan fingerprint density at radius 3 is 2.14 bits per heavy atom. The highest BCUT2D eigenvalue weighted by Gasteiger charge is 2.43. The summed E-state index contributed by atoms with van der Waals surface area (Å²) in [7, 11) is -1.55. The lowest BCUT2D eigenvalue weighted by Gasteiger charge is -2.42. The summed E-state index contributed by atoms with van der Waals surface area (Å²) < 4.78 is 6.10. The molecule has 0 spiro atoms. The van der Waals surface area contributed by atoms with Crippen molar-refractivity contribution in [3.05, 3.63) is 0 Å². The van der Waals surface area contributed by atoms with Crippen LogP contribution in [0.1, 0.15) is 34.6 Å². The van der Waals surface area contributed by atoms with Crippen LogP contribution in [0.25, 0.3) is 0 Å². The molecular formula is C11H26OSSi. The van der Waals surface area contributed by atoms with E-state index < -0.39 is 8.32 Å². The Hall–Kier alpha value is 0.527. The molecule has 0 saturated carbocycles. The molecule has 14 heavy (non-hydrogen) atoms. The van der Waals surface area contributed by atoms with E-state index in [1.54, 1.807) is 0 Å². The zero-order valence-electron chi connectivity index (χ0n) is 10.8. The first-order valence-electron chi connectivity index (χ1n) is 5.47. The third-order valence-electron chi connectivity index (χ3n) is 3.70. The Balaban J connectivity index is 4.29. The molecule has 0 aromatic rings. The van der Waals surface area contributed by atoms with Crippen LogP contribution in [0, 0.1) is 5.92 Å². The molecule has 0 aromatic carbocycles. The standard InChI is InChI=1S/C11H26OSSi/c1-8-13-9-12-14(6,7)11(4,5)10(2)3/h10H,8-9H2,1-7H3. The molecule has 0 unspecified atom stereocenters. The second-order valence-electron chi connectivity index (χ2n) is 5.14. The zero-order chi connectivity index (χ0) is 11.4. The van der Waals surface area contributed by atoms with Gasteiger partial charge >= 0.3 is 0 Å². The molecule has 0 atom stereocenters. The van der Waals surface area contributed by atoms with Crippen LogP contribution < -0.4 is 0 Å². The van der Waals surface area contributed by atoms with Crippen LogP contribution in [0.4, 0.5) is 0 Å². The van der Waals surface area contributed by atoms with E-state index in [0.29, 0.717) is 11.0 Å². The highest BCUT2D eigenvalue weighted by molar-refractivity contribution is 7.99. The fourth-order valence-electron chi connectivity index (χ4n) is 1.15. The lowest BCUT2D eigenvalue weighted by Crippen LogP contribution is -2.45. The Morgan fingerprint density at radius 2 is 1.79 bits per heavy atom. The Kier molecular flexibility index (Phi) is 5.78. The van der Waals surface area contributed by atoms with Crippen LogP contribution in [0.15, 0.2) is 0 Å². The summed E-state index contributed by atoms with van der Waals surface area (Å²) in [4.78, 5) is 0. The molecule has 0 heterocycles. The predicted octanol–water partition coefficient (Wildman–Crippen LogP) is 4.35. The number of hydrogen-bond acceptors (Lipinski definition) is 2. The molecule has 0 aromatic heterocycles. The summed E-state index contributed by atoms with van der Waals surface area (Å²) >= 11 is 1.88. The number of hydrogen-bond donors (Lipinski definition) is 0. The van der Waals surface area contributed by atoms with Crippen molar-refractivity contribution in [3.8, 4) is 0 Å². The molecular weight excluding hydrogens is 208 g/mol. The van der Waals surface area contributed by atoms with Crippen molar-refractivity contribution in [1.29, 1.82) is 0 Å². The summed E-state index contributed by atoms with van der Waals surface area (Å²) in [6.45, 7) is 16.1. The van der Waals surface area contributed by atoms with Gasteiger partial charge in [-0.05, 0) is 29.8 Å². The van der Waals surface area contributed by atoms with E-state index in [1.807, 2.05) is 11.8 Å². The van der Waals surface area contributed by atoms with E-state index in [2.05, 4.69) is 47.7 Å². The van der Waals surface area contributed by atoms with Crippen LogP contribution in [0.3, 0.4) is 0 Å². The van der Waals surface area contributed by atoms with Gasteiger partial charge in [-0.3, -0.25) is 0 Å². The van der Waals surface area contributed by atoms with Gasteiger partial charge in [0.15, 0.2) is 8.32 Å². The molecule has 0 fully saturated rings. The average Bonchev–Trinajstić information content (AvgIpc) is 2.04. The molecule has 0 aliphatic carbocycles. The maximum Gasteiger partial charge on any atom is 0.193 e. The van der Waals surface area contributed by atoms with Gasteiger partial charge in [0.1, 0.15) is 0 Å². The van der Waals surface area contributed by atoms with Crippen molar-refractivity contribution in [2.75, 3.05) is 11.7 Å². The van der Waals surface area contributed by atoms with Crippen molar-refractivity contribution in [1.82, 2.24) is 0 Å². The molecule has 0 N–H and O–H groups in total. The van der Waals surface area contributed by atoms with Crippen LogP contribution in [0.2, 0.25) is 18.1 Å². The minimum absolute atomic E-state index is 0.349. The number of thioether (sulfide) groups is 1. The van der Waals surface area contributed by atoms with Crippen molar-refractivity contribution >= 4 is 20.1 Å². The van der Waals surface area contributed by atoms with Gasteiger partial charge in [-0.25, -0.2) is 0 Å². The zero-order valence-corrected chi connectivity index (χ0v) is 12.6. The summed E-state index contributed by atoms with van der Waals surface area (Å²) in [5.41, 5.74) is 0. The fourth-order valence-corrected chi connectivity index (χ4v) is 4.59.